The highest BCUT2D eigenvalue weighted by molar-refractivity contribution is 5.16. The molecule has 2 nitrogen and oxygen atoms in total. The highest BCUT2D eigenvalue weighted by atomic mass is 19.1. The van der Waals surface area contributed by atoms with Gasteiger partial charge in [-0.2, -0.15) is 0 Å². The van der Waals surface area contributed by atoms with Crippen molar-refractivity contribution in [2.75, 3.05) is 19.6 Å². The molecule has 0 aliphatic rings. The molecule has 0 saturated heterocycles. The molecular formula is C11H17FN2. The molecular weight excluding hydrogens is 179 g/mol. The Bertz CT molecular complexity index is 246. The summed E-state index contributed by atoms with van der Waals surface area (Å²) in [5.74, 6) is -0.176. The van der Waals surface area contributed by atoms with E-state index in [0.29, 0.717) is 0 Å². The molecule has 0 atom stereocenters. The van der Waals surface area contributed by atoms with Gasteiger partial charge in [-0.25, -0.2) is 4.39 Å². The standard InChI is InChI=1S/C11H17FN2/c12-11-4-2-10(3-5-11)6-9-14-8-1-7-13/h2-5,14H,1,6-9,13H2. The van der Waals surface area contributed by atoms with Crippen molar-refractivity contribution in [3.63, 3.8) is 0 Å². The summed E-state index contributed by atoms with van der Waals surface area (Å²) in [6.07, 6.45) is 1.94. The van der Waals surface area contributed by atoms with Crippen molar-refractivity contribution in [2.24, 2.45) is 5.73 Å². The molecule has 0 bridgehead atoms. The van der Waals surface area contributed by atoms with Crippen LogP contribution < -0.4 is 11.1 Å². The summed E-state index contributed by atoms with van der Waals surface area (Å²) in [4.78, 5) is 0. The molecule has 0 amide bonds. The van der Waals surface area contributed by atoms with Crippen LogP contribution in [0.15, 0.2) is 24.3 Å². The molecule has 0 aliphatic carbocycles. The molecule has 0 unspecified atom stereocenters. The van der Waals surface area contributed by atoms with Gasteiger partial charge >= 0.3 is 0 Å². The minimum Gasteiger partial charge on any atom is -0.330 e. The zero-order valence-corrected chi connectivity index (χ0v) is 8.30. The lowest BCUT2D eigenvalue weighted by Crippen LogP contribution is -2.20. The van der Waals surface area contributed by atoms with Crippen molar-refractivity contribution in [2.45, 2.75) is 12.8 Å². The summed E-state index contributed by atoms with van der Waals surface area (Å²) < 4.78 is 12.5. The van der Waals surface area contributed by atoms with Crippen LogP contribution in [-0.2, 0) is 6.42 Å². The summed E-state index contributed by atoms with van der Waals surface area (Å²) in [7, 11) is 0. The van der Waals surface area contributed by atoms with Gasteiger partial charge < -0.3 is 11.1 Å². The van der Waals surface area contributed by atoms with E-state index in [0.717, 1.165) is 38.0 Å². The van der Waals surface area contributed by atoms with Gasteiger partial charge in [0, 0.05) is 0 Å². The van der Waals surface area contributed by atoms with Gasteiger partial charge in [0.15, 0.2) is 0 Å². The van der Waals surface area contributed by atoms with Crippen LogP contribution >= 0.6 is 0 Å². The minimum absolute atomic E-state index is 0.176. The van der Waals surface area contributed by atoms with Crippen molar-refractivity contribution < 1.29 is 4.39 Å². The Morgan fingerprint density at radius 1 is 1.14 bits per heavy atom. The van der Waals surface area contributed by atoms with Gasteiger partial charge in [0.1, 0.15) is 5.82 Å². The number of hydrogen-bond acceptors (Lipinski definition) is 2. The SMILES string of the molecule is NCCCNCCc1ccc(F)cc1. The summed E-state index contributed by atoms with van der Waals surface area (Å²) >= 11 is 0. The van der Waals surface area contributed by atoms with Crippen molar-refractivity contribution in [1.29, 1.82) is 0 Å². The van der Waals surface area contributed by atoms with Gasteiger partial charge in [-0.15, -0.1) is 0 Å². The highest BCUT2D eigenvalue weighted by Crippen LogP contribution is 2.02. The Morgan fingerprint density at radius 2 is 1.86 bits per heavy atom. The molecule has 0 fully saturated rings. The maximum absolute atomic E-state index is 12.5. The van der Waals surface area contributed by atoms with Gasteiger partial charge in [0.05, 0.1) is 0 Å². The lowest BCUT2D eigenvalue weighted by Gasteiger charge is -2.03. The third-order valence-electron chi connectivity index (χ3n) is 2.06. The molecule has 0 aliphatic heterocycles. The molecule has 1 aromatic rings. The Hall–Kier alpha value is -0.930. The molecule has 78 valence electrons. The van der Waals surface area contributed by atoms with Crippen LogP contribution in [0.5, 0.6) is 0 Å². The fourth-order valence-electron chi connectivity index (χ4n) is 1.24. The molecule has 0 radical (unpaired) electrons. The maximum Gasteiger partial charge on any atom is 0.123 e. The quantitative estimate of drug-likeness (QED) is 0.673. The summed E-state index contributed by atoms with van der Waals surface area (Å²) in [5.41, 5.74) is 6.52. The first-order valence-electron chi connectivity index (χ1n) is 4.98. The fourth-order valence-corrected chi connectivity index (χ4v) is 1.24. The van der Waals surface area contributed by atoms with E-state index in [1.165, 1.54) is 12.1 Å². The second-order valence-corrected chi connectivity index (χ2v) is 3.27. The molecule has 0 spiro atoms. The van der Waals surface area contributed by atoms with Crippen LogP contribution in [0.2, 0.25) is 0 Å². The van der Waals surface area contributed by atoms with Crippen LogP contribution in [0, 0.1) is 5.82 Å². The molecule has 3 N–H and O–H groups in total. The zero-order valence-electron chi connectivity index (χ0n) is 8.30. The summed E-state index contributed by atoms with van der Waals surface area (Å²) in [5, 5.41) is 3.28. The molecule has 1 aromatic carbocycles. The van der Waals surface area contributed by atoms with Crippen LogP contribution in [0.25, 0.3) is 0 Å². The average molecular weight is 196 g/mol. The topological polar surface area (TPSA) is 38.0 Å². The van der Waals surface area contributed by atoms with Gasteiger partial charge in [0.2, 0.25) is 0 Å². The van der Waals surface area contributed by atoms with Crippen LogP contribution in [0.1, 0.15) is 12.0 Å². The van der Waals surface area contributed by atoms with E-state index in [1.54, 1.807) is 0 Å². The first-order chi connectivity index (χ1) is 6.83. The number of benzene rings is 1. The lowest BCUT2D eigenvalue weighted by atomic mass is 10.1. The molecule has 3 heteroatoms. The summed E-state index contributed by atoms with van der Waals surface area (Å²) in [6, 6.07) is 6.63. The van der Waals surface area contributed by atoms with E-state index in [-0.39, 0.29) is 5.82 Å². The molecule has 1 rings (SSSR count). The van der Waals surface area contributed by atoms with Crippen molar-refractivity contribution in [3.05, 3.63) is 35.6 Å². The van der Waals surface area contributed by atoms with E-state index in [1.807, 2.05) is 12.1 Å². The average Bonchev–Trinajstić information content (AvgIpc) is 2.21. The van der Waals surface area contributed by atoms with Crippen molar-refractivity contribution >= 4 is 0 Å². The van der Waals surface area contributed by atoms with Crippen LogP contribution in [0.4, 0.5) is 4.39 Å². The van der Waals surface area contributed by atoms with E-state index in [9.17, 15) is 4.39 Å². The minimum atomic E-state index is -0.176. The number of nitrogens with two attached hydrogens (primary N) is 1. The Balaban J connectivity index is 2.15. The monoisotopic (exact) mass is 196 g/mol. The Labute approximate surface area is 84.3 Å². The second kappa shape index (κ2) is 6.51. The predicted molar refractivity (Wildman–Crippen MR) is 56.6 cm³/mol. The third kappa shape index (κ3) is 4.35. The lowest BCUT2D eigenvalue weighted by molar-refractivity contribution is 0.625. The smallest absolute Gasteiger partial charge is 0.123 e. The van der Waals surface area contributed by atoms with Gasteiger partial charge in [0.25, 0.3) is 0 Å². The highest BCUT2D eigenvalue weighted by Gasteiger charge is 1.93. The van der Waals surface area contributed by atoms with Crippen LogP contribution in [0.3, 0.4) is 0 Å². The van der Waals surface area contributed by atoms with Gasteiger partial charge in [-0.3, -0.25) is 0 Å². The fraction of sp³-hybridized carbons (Fsp3) is 0.455. The maximum atomic E-state index is 12.5. The number of hydrogen-bond donors (Lipinski definition) is 2. The van der Waals surface area contributed by atoms with E-state index in [4.69, 9.17) is 5.73 Å². The molecule has 0 saturated carbocycles. The number of rotatable bonds is 6. The van der Waals surface area contributed by atoms with Crippen molar-refractivity contribution in [1.82, 2.24) is 5.32 Å². The largest absolute Gasteiger partial charge is 0.330 e. The van der Waals surface area contributed by atoms with Crippen molar-refractivity contribution in [3.8, 4) is 0 Å². The Kier molecular flexibility index (Phi) is 5.19. The molecule has 0 heterocycles. The zero-order chi connectivity index (χ0) is 10.2. The molecule has 14 heavy (non-hydrogen) atoms. The van der Waals surface area contributed by atoms with Gasteiger partial charge in [-0.05, 0) is 50.2 Å². The third-order valence-corrected chi connectivity index (χ3v) is 2.06. The predicted octanol–water partition coefficient (Wildman–Crippen LogP) is 1.31. The Morgan fingerprint density at radius 3 is 2.50 bits per heavy atom. The first kappa shape index (κ1) is 11.1. The van der Waals surface area contributed by atoms with Gasteiger partial charge in [-0.1, -0.05) is 12.1 Å². The summed E-state index contributed by atoms with van der Waals surface area (Å²) in [6.45, 7) is 2.60. The van der Waals surface area contributed by atoms with E-state index < -0.39 is 0 Å². The van der Waals surface area contributed by atoms with Crippen LogP contribution in [-0.4, -0.2) is 19.6 Å². The normalized spacial score (nSPS) is 10.4. The van der Waals surface area contributed by atoms with E-state index >= 15 is 0 Å². The molecule has 0 aromatic heterocycles. The number of nitrogens with one attached hydrogen (secondary N) is 1. The van der Waals surface area contributed by atoms with E-state index in [2.05, 4.69) is 5.32 Å². The second-order valence-electron chi connectivity index (χ2n) is 3.27. The number of halogens is 1. The first-order valence-corrected chi connectivity index (χ1v) is 4.98.